The molecular formula is C11H7F3N2S. The van der Waals surface area contributed by atoms with E-state index in [1.165, 1.54) is 18.2 Å². The molecular weight excluding hydrogens is 249 g/mol. The molecule has 0 unspecified atom stereocenters. The van der Waals surface area contributed by atoms with Gasteiger partial charge in [0, 0.05) is 5.39 Å². The summed E-state index contributed by atoms with van der Waals surface area (Å²) in [5, 5.41) is 0.403. The maximum atomic E-state index is 12.5. The highest BCUT2D eigenvalue weighted by Crippen LogP contribution is 2.31. The van der Waals surface area contributed by atoms with Gasteiger partial charge in [-0.05, 0) is 24.3 Å². The zero-order chi connectivity index (χ0) is 12.6. The van der Waals surface area contributed by atoms with Crippen LogP contribution in [0.3, 0.4) is 0 Å². The second-order valence-corrected chi connectivity index (χ2v) is 3.91. The molecule has 6 heteroatoms. The number of benzene rings is 1. The number of nitrogens with zero attached hydrogens (tertiary/aromatic N) is 1. The fourth-order valence-electron chi connectivity index (χ4n) is 1.44. The molecule has 0 atom stereocenters. The van der Waals surface area contributed by atoms with Crippen molar-refractivity contribution in [3.63, 3.8) is 0 Å². The van der Waals surface area contributed by atoms with Crippen LogP contribution >= 0.6 is 12.2 Å². The summed E-state index contributed by atoms with van der Waals surface area (Å²) < 4.78 is 37.4. The summed E-state index contributed by atoms with van der Waals surface area (Å²) in [5.41, 5.74) is 5.52. The van der Waals surface area contributed by atoms with Gasteiger partial charge in [-0.25, -0.2) is 4.98 Å². The molecule has 1 aromatic heterocycles. The Kier molecular flexibility index (Phi) is 2.74. The molecule has 0 aliphatic heterocycles. The van der Waals surface area contributed by atoms with Crippen molar-refractivity contribution in [1.82, 2.24) is 4.98 Å². The number of hydrogen-bond acceptors (Lipinski definition) is 2. The highest BCUT2D eigenvalue weighted by Gasteiger charge is 2.30. The molecule has 1 heterocycles. The third-order valence-corrected chi connectivity index (χ3v) is 2.48. The minimum absolute atomic E-state index is 0.117. The van der Waals surface area contributed by atoms with Gasteiger partial charge in [0.05, 0.1) is 16.8 Å². The molecule has 88 valence electrons. The molecule has 0 aliphatic rings. The molecule has 0 spiro atoms. The maximum Gasteiger partial charge on any atom is 0.416 e. The fraction of sp³-hybridized carbons (Fsp3) is 0.0909. The molecule has 0 fully saturated rings. The summed E-state index contributed by atoms with van der Waals surface area (Å²) in [6, 6.07) is 6.36. The van der Waals surface area contributed by atoms with Gasteiger partial charge in [0.2, 0.25) is 0 Å². The van der Waals surface area contributed by atoms with Gasteiger partial charge in [-0.2, -0.15) is 13.2 Å². The summed E-state index contributed by atoms with van der Waals surface area (Å²) in [6.45, 7) is 0. The third-order valence-electron chi connectivity index (χ3n) is 2.27. The number of alkyl halides is 3. The van der Waals surface area contributed by atoms with Gasteiger partial charge < -0.3 is 5.73 Å². The van der Waals surface area contributed by atoms with Gasteiger partial charge >= 0.3 is 6.18 Å². The van der Waals surface area contributed by atoms with E-state index < -0.39 is 11.7 Å². The largest absolute Gasteiger partial charge is 0.416 e. The predicted octanol–water partition coefficient (Wildman–Crippen LogP) is 2.89. The minimum Gasteiger partial charge on any atom is -0.388 e. The SMILES string of the molecule is NC(=S)c1ccc2cc(C(F)(F)F)ccc2n1. The number of pyridine rings is 1. The van der Waals surface area contributed by atoms with E-state index in [1.807, 2.05) is 0 Å². The molecule has 0 radical (unpaired) electrons. The Balaban J connectivity index is 2.58. The molecule has 2 N–H and O–H groups in total. The third kappa shape index (κ3) is 2.36. The molecule has 1 aromatic carbocycles. The molecule has 0 amide bonds. The number of thiocarbonyl (C=S) groups is 1. The number of rotatable bonds is 1. The molecule has 0 saturated heterocycles. The molecule has 0 aliphatic carbocycles. The molecule has 0 bridgehead atoms. The Labute approximate surface area is 100 Å². The highest BCUT2D eigenvalue weighted by atomic mass is 32.1. The van der Waals surface area contributed by atoms with Gasteiger partial charge in [-0.15, -0.1) is 0 Å². The van der Waals surface area contributed by atoms with E-state index in [9.17, 15) is 13.2 Å². The fourth-order valence-corrected chi connectivity index (χ4v) is 1.55. The Morgan fingerprint density at radius 1 is 1.18 bits per heavy atom. The van der Waals surface area contributed by atoms with Crippen LogP contribution in [0.15, 0.2) is 30.3 Å². The van der Waals surface area contributed by atoms with E-state index >= 15 is 0 Å². The van der Waals surface area contributed by atoms with Crippen molar-refractivity contribution in [3.8, 4) is 0 Å². The first kappa shape index (κ1) is 11.8. The summed E-state index contributed by atoms with van der Waals surface area (Å²) in [5.74, 6) is 0. The summed E-state index contributed by atoms with van der Waals surface area (Å²) in [4.78, 5) is 4.18. The quantitative estimate of drug-likeness (QED) is 0.797. The van der Waals surface area contributed by atoms with Crippen LogP contribution in [-0.4, -0.2) is 9.97 Å². The number of aromatic nitrogens is 1. The first-order valence-electron chi connectivity index (χ1n) is 4.66. The van der Waals surface area contributed by atoms with Gasteiger partial charge in [0.25, 0.3) is 0 Å². The van der Waals surface area contributed by atoms with Crippen LogP contribution in [-0.2, 0) is 6.18 Å². The number of fused-ring (bicyclic) bond motifs is 1. The van der Waals surface area contributed by atoms with Crippen LogP contribution in [0.2, 0.25) is 0 Å². The smallest absolute Gasteiger partial charge is 0.388 e. The van der Waals surface area contributed by atoms with E-state index in [2.05, 4.69) is 4.98 Å². The van der Waals surface area contributed by atoms with Crippen LogP contribution in [0, 0.1) is 0 Å². The van der Waals surface area contributed by atoms with Crippen molar-refractivity contribution >= 4 is 28.1 Å². The van der Waals surface area contributed by atoms with Crippen molar-refractivity contribution in [2.45, 2.75) is 6.18 Å². The van der Waals surface area contributed by atoms with E-state index in [1.54, 1.807) is 0 Å². The van der Waals surface area contributed by atoms with Crippen LogP contribution in [0.25, 0.3) is 10.9 Å². The van der Waals surface area contributed by atoms with Gasteiger partial charge in [-0.1, -0.05) is 18.3 Å². The Morgan fingerprint density at radius 3 is 2.47 bits per heavy atom. The highest BCUT2D eigenvalue weighted by molar-refractivity contribution is 7.80. The molecule has 0 saturated carbocycles. The standard InChI is InChI=1S/C11H7F3N2S/c12-11(13,14)7-2-4-8-6(5-7)1-3-9(16-8)10(15)17/h1-5H,(H2,15,17). The van der Waals surface area contributed by atoms with E-state index in [0.717, 1.165) is 12.1 Å². The molecule has 17 heavy (non-hydrogen) atoms. The second-order valence-electron chi connectivity index (χ2n) is 3.47. The first-order valence-corrected chi connectivity index (χ1v) is 5.06. The lowest BCUT2D eigenvalue weighted by Gasteiger charge is -2.07. The lowest BCUT2D eigenvalue weighted by atomic mass is 10.1. The zero-order valence-electron chi connectivity index (χ0n) is 8.45. The van der Waals surface area contributed by atoms with E-state index in [4.69, 9.17) is 18.0 Å². The Morgan fingerprint density at radius 2 is 1.88 bits per heavy atom. The lowest BCUT2D eigenvalue weighted by molar-refractivity contribution is -0.137. The van der Waals surface area contributed by atoms with E-state index in [0.29, 0.717) is 16.6 Å². The average Bonchev–Trinajstić information content (AvgIpc) is 2.26. The predicted molar refractivity (Wildman–Crippen MR) is 62.6 cm³/mol. The molecule has 2 aromatic rings. The van der Waals surface area contributed by atoms with Crippen LogP contribution in [0.5, 0.6) is 0 Å². The number of hydrogen-bond donors (Lipinski definition) is 1. The zero-order valence-corrected chi connectivity index (χ0v) is 9.27. The van der Waals surface area contributed by atoms with Crippen LogP contribution in [0.4, 0.5) is 13.2 Å². The normalized spacial score (nSPS) is 11.7. The Hall–Kier alpha value is -1.69. The van der Waals surface area contributed by atoms with Gasteiger partial charge in [-0.3, -0.25) is 0 Å². The second kappa shape index (κ2) is 3.96. The van der Waals surface area contributed by atoms with Crippen molar-refractivity contribution < 1.29 is 13.2 Å². The first-order chi connectivity index (χ1) is 7.88. The summed E-state index contributed by atoms with van der Waals surface area (Å²) in [6.07, 6.45) is -4.35. The van der Waals surface area contributed by atoms with Crippen molar-refractivity contribution in [2.24, 2.45) is 5.73 Å². The van der Waals surface area contributed by atoms with Crippen molar-refractivity contribution in [1.29, 1.82) is 0 Å². The van der Waals surface area contributed by atoms with E-state index in [-0.39, 0.29) is 4.99 Å². The molecule has 2 nitrogen and oxygen atoms in total. The monoisotopic (exact) mass is 256 g/mol. The van der Waals surface area contributed by atoms with Crippen molar-refractivity contribution in [2.75, 3.05) is 0 Å². The number of halogens is 3. The average molecular weight is 256 g/mol. The lowest BCUT2D eigenvalue weighted by Crippen LogP contribution is -2.11. The van der Waals surface area contributed by atoms with Crippen LogP contribution < -0.4 is 5.73 Å². The number of nitrogens with two attached hydrogens (primary N) is 1. The topological polar surface area (TPSA) is 38.9 Å². The van der Waals surface area contributed by atoms with Crippen LogP contribution in [0.1, 0.15) is 11.3 Å². The summed E-state index contributed by atoms with van der Waals surface area (Å²) in [7, 11) is 0. The minimum atomic E-state index is -4.35. The maximum absolute atomic E-state index is 12.5. The Bertz CT molecular complexity index is 593. The van der Waals surface area contributed by atoms with Crippen molar-refractivity contribution in [3.05, 3.63) is 41.6 Å². The van der Waals surface area contributed by atoms with Gasteiger partial charge in [0.1, 0.15) is 4.99 Å². The van der Waals surface area contributed by atoms with Gasteiger partial charge in [0.15, 0.2) is 0 Å². The summed E-state index contributed by atoms with van der Waals surface area (Å²) >= 11 is 4.75. The molecule has 2 rings (SSSR count).